The summed E-state index contributed by atoms with van der Waals surface area (Å²) in [6, 6.07) is 6.70. The Bertz CT molecular complexity index is 925. The molecule has 1 heterocycles. The van der Waals surface area contributed by atoms with E-state index in [2.05, 4.69) is 24.5 Å². The molecule has 1 unspecified atom stereocenters. The number of hydrogen-bond acceptors (Lipinski definition) is 3. The van der Waals surface area contributed by atoms with Crippen LogP contribution < -0.4 is 10.6 Å². The Morgan fingerprint density at radius 1 is 1.10 bits per heavy atom. The number of benzene rings is 1. The van der Waals surface area contributed by atoms with E-state index >= 15 is 0 Å². The summed E-state index contributed by atoms with van der Waals surface area (Å²) in [5, 5.41) is 15.9. The van der Waals surface area contributed by atoms with Gasteiger partial charge in [-0.1, -0.05) is 38.5 Å². The minimum absolute atomic E-state index is 0.00251. The molecular weight excluding hydrogens is 376 g/mol. The van der Waals surface area contributed by atoms with Gasteiger partial charge in [-0.15, -0.1) is 0 Å². The van der Waals surface area contributed by atoms with Crippen molar-refractivity contribution in [2.45, 2.75) is 64.8 Å². The van der Waals surface area contributed by atoms with E-state index in [4.69, 9.17) is 0 Å². The summed E-state index contributed by atoms with van der Waals surface area (Å²) < 4.78 is 0. The Morgan fingerprint density at radius 2 is 1.90 bits per heavy atom. The van der Waals surface area contributed by atoms with E-state index < -0.39 is 5.91 Å². The van der Waals surface area contributed by atoms with Crippen molar-refractivity contribution in [1.29, 1.82) is 0 Å². The minimum atomic E-state index is -0.447. The highest BCUT2D eigenvalue weighted by Gasteiger charge is 2.58. The molecule has 160 valence electrons. The molecule has 6 atom stereocenters. The molecule has 1 aromatic carbocycles. The lowest BCUT2D eigenvalue weighted by Crippen LogP contribution is -2.60. The Morgan fingerprint density at radius 3 is 2.70 bits per heavy atom. The fourth-order valence-electron chi connectivity index (χ4n) is 7.37. The van der Waals surface area contributed by atoms with Gasteiger partial charge >= 0.3 is 0 Å². The summed E-state index contributed by atoms with van der Waals surface area (Å²) in [7, 11) is 0. The van der Waals surface area contributed by atoms with Crippen molar-refractivity contribution in [2.24, 2.45) is 28.6 Å². The van der Waals surface area contributed by atoms with Crippen molar-refractivity contribution in [3.05, 3.63) is 35.9 Å². The topological polar surface area (TPSA) is 78.4 Å². The Kier molecular flexibility index (Phi) is 4.49. The van der Waals surface area contributed by atoms with E-state index in [0.29, 0.717) is 22.9 Å². The summed E-state index contributed by atoms with van der Waals surface area (Å²) in [5.41, 5.74) is 0.783. The summed E-state index contributed by atoms with van der Waals surface area (Å²) >= 11 is 0. The molecule has 4 aliphatic rings. The highest BCUT2D eigenvalue weighted by Crippen LogP contribution is 2.63. The van der Waals surface area contributed by atoms with Crippen molar-refractivity contribution in [3.63, 3.8) is 0 Å². The SMILES string of the molecule is C[C@@]12CCC[C@H]1[C@@H]1CCC3NC(=O)C(C(=O)Nc4ccccc4O)=C[C@]3(C)[C@@H]1CC2. The number of phenolic OH excluding ortho intramolecular Hbond substituents is 1. The standard InChI is InChI=1S/C25H32N2O3/c1-24-12-5-6-17(24)15-9-10-21-25(2,18(15)11-13-24)14-16(23(30)27-21)22(29)26-19-7-3-4-8-20(19)28/h3-4,7-8,14-15,17-18,21,28H,5-6,9-13H2,1-2H3,(H,26,29)(H,27,30)/t15-,17-,18+,21?,24-,25+/m0/s1. The average molecular weight is 409 g/mol. The lowest BCUT2D eigenvalue weighted by Gasteiger charge is -2.58. The smallest absolute Gasteiger partial charge is 0.261 e. The fourth-order valence-corrected chi connectivity index (χ4v) is 7.37. The summed E-state index contributed by atoms with van der Waals surface area (Å²) in [6.07, 6.45) is 10.6. The molecule has 3 saturated carbocycles. The fraction of sp³-hybridized carbons (Fsp3) is 0.600. The van der Waals surface area contributed by atoms with E-state index in [1.165, 1.54) is 44.6 Å². The van der Waals surface area contributed by atoms with E-state index in [1.807, 2.05) is 6.08 Å². The molecule has 5 heteroatoms. The van der Waals surface area contributed by atoms with Gasteiger partial charge in [0.2, 0.25) is 0 Å². The normalized spacial score (nSPS) is 39.8. The van der Waals surface area contributed by atoms with Gasteiger partial charge in [0, 0.05) is 11.5 Å². The molecule has 3 aliphatic carbocycles. The number of rotatable bonds is 2. The number of amides is 2. The molecule has 1 aromatic rings. The molecule has 0 aromatic heterocycles. The second-order valence-corrected chi connectivity index (χ2v) is 10.5. The summed E-state index contributed by atoms with van der Waals surface area (Å²) in [6.45, 7) is 4.73. The number of hydrogen-bond donors (Lipinski definition) is 3. The lowest BCUT2D eigenvalue weighted by atomic mass is 9.48. The second-order valence-electron chi connectivity index (χ2n) is 10.5. The van der Waals surface area contributed by atoms with Crippen molar-refractivity contribution in [3.8, 4) is 5.75 Å². The molecule has 30 heavy (non-hydrogen) atoms. The van der Waals surface area contributed by atoms with Crippen LogP contribution in [0.25, 0.3) is 0 Å². The van der Waals surface area contributed by atoms with Gasteiger partial charge in [-0.2, -0.15) is 0 Å². The molecule has 5 rings (SSSR count). The third-order valence-corrected chi connectivity index (χ3v) is 8.96. The Labute approximate surface area is 178 Å². The van der Waals surface area contributed by atoms with Crippen LogP contribution >= 0.6 is 0 Å². The summed E-state index contributed by atoms with van der Waals surface area (Å²) in [4.78, 5) is 25.8. The third-order valence-electron chi connectivity index (χ3n) is 8.96. The van der Waals surface area contributed by atoms with Crippen LogP contribution in [-0.4, -0.2) is 23.0 Å². The maximum atomic E-state index is 13.0. The first-order valence-corrected chi connectivity index (χ1v) is 11.4. The predicted octanol–water partition coefficient (Wildman–Crippen LogP) is 4.39. The molecule has 0 radical (unpaired) electrons. The van der Waals surface area contributed by atoms with E-state index in [1.54, 1.807) is 18.2 Å². The van der Waals surface area contributed by atoms with Crippen molar-refractivity contribution in [2.75, 3.05) is 5.32 Å². The van der Waals surface area contributed by atoms with Crippen LogP contribution in [0, 0.1) is 28.6 Å². The number of para-hydroxylation sites is 2. The van der Waals surface area contributed by atoms with Gasteiger partial charge in [0.1, 0.15) is 11.3 Å². The second kappa shape index (κ2) is 6.86. The first-order valence-electron chi connectivity index (χ1n) is 11.4. The first-order chi connectivity index (χ1) is 14.3. The van der Waals surface area contributed by atoms with Crippen LogP contribution in [0.5, 0.6) is 5.75 Å². The van der Waals surface area contributed by atoms with E-state index in [-0.39, 0.29) is 28.7 Å². The molecule has 2 amide bonds. The van der Waals surface area contributed by atoms with Crippen LogP contribution in [0.15, 0.2) is 35.9 Å². The lowest BCUT2D eigenvalue weighted by molar-refractivity contribution is -0.126. The maximum Gasteiger partial charge on any atom is 0.261 e. The zero-order valence-corrected chi connectivity index (χ0v) is 17.9. The highest BCUT2D eigenvalue weighted by molar-refractivity contribution is 6.23. The maximum absolute atomic E-state index is 13.0. The van der Waals surface area contributed by atoms with Gasteiger partial charge in [0.25, 0.3) is 11.8 Å². The van der Waals surface area contributed by atoms with Gasteiger partial charge < -0.3 is 15.7 Å². The molecule has 1 aliphatic heterocycles. The van der Waals surface area contributed by atoms with Gasteiger partial charge in [0.05, 0.1) is 5.69 Å². The quantitative estimate of drug-likeness (QED) is 0.502. The van der Waals surface area contributed by atoms with Crippen molar-refractivity contribution >= 4 is 17.5 Å². The van der Waals surface area contributed by atoms with Gasteiger partial charge in [-0.25, -0.2) is 0 Å². The molecule has 0 spiro atoms. The molecule has 3 fully saturated rings. The number of nitrogens with one attached hydrogen (secondary N) is 2. The minimum Gasteiger partial charge on any atom is -0.506 e. The number of carbonyl (C=O) groups is 2. The molecule has 5 nitrogen and oxygen atoms in total. The Balaban J connectivity index is 1.46. The number of aromatic hydroxyl groups is 1. The van der Waals surface area contributed by atoms with Crippen LogP contribution in [-0.2, 0) is 9.59 Å². The zero-order valence-electron chi connectivity index (χ0n) is 17.9. The van der Waals surface area contributed by atoms with Crippen LogP contribution in [0.1, 0.15) is 58.8 Å². The monoisotopic (exact) mass is 408 g/mol. The summed E-state index contributed by atoms with van der Waals surface area (Å²) in [5.74, 6) is 1.21. The highest BCUT2D eigenvalue weighted by atomic mass is 16.3. The number of anilines is 1. The first kappa shape index (κ1) is 19.7. The zero-order chi connectivity index (χ0) is 21.1. The van der Waals surface area contributed by atoms with Crippen LogP contribution in [0.4, 0.5) is 5.69 Å². The van der Waals surface area contributed by atoms with Crippen LogP contribution in [0.3, 0.4) is 0 Å². The number of fused-ring (bicyclic) bond motifs is 5. The van der Waals surface area contributed by atoms with Crippen molar-refractivity contribution in [1.82, 2.24) is 5.32 Å². The van der Waals surface area contributed by atoms with Crippen LogP contribution in [0.2, 0.25) is 0 Å². The van der Waals surface area contributed by atoms with E-state index in [0.717, 1.165) is 12.3 Å². The molecule has 3 N–H and O–H groups in total. The molecular formula is C25H32N2O3. The third kappa shape index (κ3) is 2.89. The largest absolute Gasteiger partial charge is 0.506 e. The Hall–Kier alpha value is -2.30. The average Bonchev–Trinajstić information content (AvgIpc) is 3.11. The molecule has 0 saturated heterocycles. The predicted molar refractivity (Wildman–Crippen MR) is 116 cm³/mol. The number of carbonyl (C=O) groups excluding carboxylic acids is 2. The van der Waals surface area contributed by atoms with E-state index in [9.17, 15) is 14.7 Å². The van der Waals surface area contributed by atoms with Gasteiger partial charge in [-0.05, 0) is 73.8 Å². The van der Waals surface area contributed by atoms with Gasteiger partial charge in [0.15, 0.2) is 0 Å². The van der Waals surface area contributed by atoms with Crippen molar-refractivity contribution < 1.29 is 14.7 Å². The van der Waals surface area contributed by atoms with Gasteiger partial charge in [-0.3, -0.25) is 9.59 Å². The molecule has 0 bridgehead atoms. The number of phenols is 1.